The van der Waals surface area contributed by atoms with Crippen molar-refractivity contribution in [2.75, 3.05) is 12.3 Å². The Bertz CT molecular complexity index is 655. The first-order valence-corrected chi connectivity index (χ1v) is 7.08. The average molecular weight is 282 g/mol. The van der Waals surface area contributed by atoms with E-state index in [1.807, 2.05) is 48.5 Å². The van der Waals surface area contributed by atoms with Crippen molar-refractivity contribution in [2.24, 2.45) is 0 Å². The zero-order chi connectivity index (χ0) is 14.7. The van der Waals surface area contributed by atoms with Gasteiger partial charge >= 0.3 is 0 Å². The molecule has 3 rings (SSSR count). The van der Waals surface area contributed by atoms with Gasteiger partial charge in [-0.3, -0.25) is 4.79 Å². The van der Waals surface area contributed by atoms with Gasteiger partial charge in [-0.2, -0.15) is 0 Å². The first-order chi connectivity index (χ1) is 10.2. The van der Waals surface area contributed by atoms with E-state index in [1.54, 1.807) is 0 Å². The van der Waals surface area contributed by atoms with Crippen molar-refractivity contribution in [1.82, 2.24) is 5.32 Å². The standard InChI is InChI=1S/C17H18N2O2/c18-13-5-3-4-12(10-13)11-19-17(20)15-8-9-21-16-7-2-1-6-14(15)16/h1-7,10,15H,8-9,11,18H2,(H,19,20). The van der Waals surface area contributed by atoms with Crippen LogP contribution < -0.4 is 15.8 Å². The Kier molecular flexibility index (Phi) is 3.77. The summed E-state index contributed by atoms with van der Waals surface area (Å²) in [6, 6.07) is 15.3. The molecule has 4 nitrogen and oxygen atoms in total. The highest BCUT2D eigenvalue weighted by Gasteiger charge is 2.26. The number of hydrogen-bond acceptors (Lipinski definition) is 3. The van der Waals surface area contributed by atoms with Crippen molar-refractivity contribution in [2.45, 2.75) is 18.9 Å². The zero-order valence-electron chi connectivity index (χ0n) is 11.7. The van der Waals surface area contributed by atoms with E-state index in [4.69, 9.17) is 10.5 Å². The van der Waals surface area contributed by atoms with Gasteiger partial charge in [-0.25, -0.2) is 0 Å². The molecule has 1 unspecified atom stereocenters. The number of anilines is 1. The number of carbonyl (C=O) groups is 1. The Morgan fingerprint density at radius 1 is 1.24 bits per heavy atom. The van der Waals surface area contributed by atoms with Crippen LogP contribution in [0.15, 0.2) is 48.5 Å². The molecular weight excluding hydrogens is 264 g/mol. The quantitative estimate of drug-likeness (QED) is 0.850. The Hall–Kier alpha value is -2.49. The van der Waals surface area contributed by atoms with Crippen molar-refractivity contribution in [3.8, 4) is 5.75 Å². The highest BCUT2D eigenvalue weighted by molar-refractivity contribution is 5.84. The number of nitrogens with two attached hydrogens (primary N) is 1. The number of amides is 1. The van der Waals surface area contributed by atoms with Gasteiger partial charge in [-0.15, -0.1) is 0 Å². The van der Waals surface area contributed by atoms with Gasteiger partial charge in [0, 0.05) is 17.8 Å². The first-order valence-electron chi connectivity index (χ1n) is 7.08. The summed E-state index contributed by atoms with van der Waals surface area (Å²) in [6.45, 7) is 1.07. The van der Waals surface area contributed by atoms with Crippen LogP contribution in [0.5, 0.6) is 5.75 Å². The fraction of sp³-hybridized carbons (Fsp3) is 0.235. The molecule has 0 bridgehead atoms. The molecule has 1 amide bonds. The minimum atomic E-state index is -0.143. The molecule has 1 aliphatic rings. The van der Waals surface area contributed by atoms with Gasteiger partial charge in [0.25, 0.3) is 0 Å². The normalized spacial score (nSPS) is 16.7. The Balaban J connectivity index is 1.69. The summed E-state index contributed by atoms with van der Waals surface area (Å²) in [5, 5.41) is 2.99. The molecule has 3 N–H and O–H groups in total. The van der Waals surface area contributed by atoms with Gasteiger partial charge in [0.1, 0.15) is 5.75 Å². The van der Waals surface area contributed by atoms with Gasteiger partial charge < -0.3 is 15.8 Å². The second-order valence-corrected chi connectivity index (χ2v) is 5.19. The van der Waals surface area contributed by atoms with Gasteiger partial charge in [-0.1, -0.05) is 30.3 Å². The van der Waals surface area contributed by atoms with Gasteiger partial charge in [0.05, 0.1) is 12.5 Å². The van der Waals surface area contributed by atoms with Crippen molar-refractivity contribution >= 4 is 11.6 Å². The van der Waals surface area contributed by atoms with Crippen molar-refractivity contribution < 1.29 is 9.53 Å². The highest BCUT2D eigenvalue weighted by atomic mass is 16.5. The van der Waals surface area contributed by atoms with Crippen LogP contribution in [0, 0.1) is 0 Å². The van der Waals surface area contributed by atoms with E-state index in [9.17, 15) is 4.79 Å². The minimum Gasteiger partial charge on any atom is -0.493 e. The van der Waals surface area contributed by atoms with E-state index in [0.29, 0.717) is 25.3 Å². The SMILES string of the molecule is Nc1cccc(CNC(=O)C2CCOc3ccccc32)c1. The van der Waals surface area contributed by atoms with Crippen LogP contribution in [-0.2, 0) is 11.3 Å². The van der Waals surface area contributed by atoms with Crippen LogP contribution in [0.25, 0.3) is 0 Å². The van der Waals surface area contributed by atoms with Gasteiger partial charge in [-0.05, 0) is 30.2 Å². The number of fused-ring (bicyclic) bond motifs is 1. The van der Waals surface area contributed by atoms with Crippen molar-refractivity contribution in [1.29, 1.82) is 0 Å². The predicted molar refractivity (Wildman–Crippen MR) is 82.0 cm³/mol. The molecule has 21 heavy (non-hydrogen) atoms. The van der Waals surface area contributed by atoms with Crippen LogP contribution in [-0.4, -0.2) is 12.5 Å². The summed E-state index contributed by atoms with van der Waals surface area (Å²) in [4.78, 5) is 12.4. The maximum absolute atomic E-state index is 12.4. The number of para-hydroxylation sites is 1. The molecule has 1 heterocycles. The van der Waals surface area contributed by atoms with E-state index < -0.39 is 0 Å². The highest BCUT2D eigenvalue weighted by Crippen LogP contribution is 2.33. The maximum atomic E-state index is 12.4. The number of nitrogen functional groups attached to an aromatic ring is 1. The number of benzene rings is 2. The molecule has 0 fully saturated rings. The van der Waals surface area contributed by atoms with E-state index in [0.717, 1.165) is 16.9 Å². The summed E-state index contributed by atoms with van der Waals surface area (Å²) >= 11 is 0. The summed E-state index contributed by atoms with van der Waals surface area (Å²) in [5.74, 6) is 0.706. The molecule has 0 aliphatic carbocycles. The number of nitrogens with one attached hydrogen (secondary N) is 1. The molecule has 1 atom stereocenters. The molecular formula is C17H18N2O2. The van der Waals surface area contributed by atoms with E-state index in [1.165, 1.54) is 0 Å². The molecule has 2 aromatic rings. The second-order valence-electron chi connectivity index (χ2n) is 5.19. The minimum absolute atomic E-state index is 0.0353. The van der Waals surface area contributed by atoms with E-state index in [-0.39, 0.29) is 11.8 Å². The molecule has 0 spiro atoms. The molecule has 2 aromatic carbocycles. The fourth-order valence-corrected chi connectivity index (χ4v) is 2.63. The third-order valence-electron chi connectivity index (χ3n) is 3.69. The Morgan fingerprint density at radius 2 is 2.10 bits per heavy atom. The van der Waals surface area contributed by atoms with Crippen LogP contribution >= 0.6 is 0 Å². The molecule has 108 valence electrons. The Labute approximate surface area is 123 Å². The second kappa shape index (κ2) is 5.87. The lowest BCUT2D eigenvalue weighted by Crippen LogP contribution is -2.32. The summed E-state index contributed by atoms with van der Waals surface area (Å²) in [7, 11) is 0. The monoisotopic (exact) mass is 282 g/mol. The van der Waals surface area contributed by atoms with Crippen LogP contribution in [0.4, 0.5) is 5.69 Å². The lowest BCUT2D eigenvalue weighted by atomic mass is 9.92. The summed E-state index contributed by atoms with van der Waals surface area (Å²) < 4.78 is 5.59. The Morgan fingerprint density at radius 3 is 2.95 bits per heavy atom. The lowest BCUT2D eigenvalue weighted by Gasteiger charge is -2.25. The van der Waals surface area contributed by atoms with Crippen molar-refractivity contribution in [3.63, 3.8) is 0 Å². The summed E-state index contributed by atoms with van der Waals surface area (Å²) in [6.07, 6.45) is 0.708. The predicted octanol–water partition coefficient (Wildman–Crippen LogP) is 2.45. The van der Waals surface area contributed by atoms with E-state index in [2.05, 4.69) is 5.32 Å². The fourth-order valence-electron chi connectivity index (χ4n) is 2.63. The van der Waals surface area contributed by atoms with Gasteiger partial charge in [0.2, 0.25) is 5.91 Å². The maximum Gasteiger partial charge on any atom is 0.228 e. The molecule has 0 radical (unpaired) electrons. The number of rotatable bonds is 3. The smallest absolute Gasteiger partial charge is 0.228 e. The van der Waals surface area contributed by atoms with Crippen LogP contribution in [0.1, 0.15) is 23.5 Å². The topological polar surface area (TPSA) is 64.3 Å². The van der Waals surface area contributed by atoms with Gasteiger partial charge in [0.15, 0.2) is 0 Å². The largest absolute Gasteiger partial charge is 0.493 e. The van der Waals surface area contributed by atoms with Crippen LogP contribution in [0.3, 0.4) is 0 Å². The average Bonchev–Trinajstić information content (AvgIpc) is 2.52. The number of hydrogen-bond donors (Lipinski definition) is 2. The van der Waals surface area contributed by atoms with Crippen LogP contribution in [0.2, 0.25) is 0 Å². The molecule has 0 aromatic heterocycles. The van der Waals surface area contributed by atoms with Crippen molar-refractivity contribution in [3.05, 3.63) is 59.7 Å². The first kappa shape index (κ1) is 13.5. The third-order valence-corrected chi connectivity index (χ3v) is 3.69. The molecule has 4 heteroatoms. The molecule has 0 saturated carbocycles. The molecule has 0 saturated heterocycles. The van der Waals surface area contributed by atoms with E-state index >= 15 is 0 Å². The lowest BCUT2D eigenvalue weighted by molar-refractivity contribution is -0.123. The third kappa shape index (κ3) is 2.99. The molecule has 1 aliphatic heterocycles. The number of ether oxygens (including phenoxy) is 1. The summed E-state index contributed by atoms with van der Waals surface area (Å²) in [5.41, 5.74) is 8.42. The zero-order valence-corrected chi connectivity index (χ0v) is 11.7. The number of carbonyl (C=O) groups excluding carboxylic acids is 1.